The molecule has 6 rings (SSSR count). The van der Waals surface area contributed by atoms with E-state index in [9.17, 15) is 9.90 Å². The third-order valence-electron chi connectivity index (χ3n) is 6.98. The molecule has 2 unspecified atom stereocenters. The number of aromatic nitrogens is 1. The lowest BCUT2D eigenvalue weighted by molar-refractivity contribution is -0.127. The Morgan fingerprint density at radius 3 is 2.50 bits per heavy atom. The minimum absolute atomic E-state index is 0.0136. The molecule has 4 fully saturated rings. The summed E-state index contributed by atoms with van der Waals surface area (Å²) in [5, 5.41) is 14.8. The van der Waals surface area contributed by atoms with E-state index in [-0.39, 0.29) is 5.54 Å². The van der Waals surface area contributed by atoms with E-state index in [4.69, 9.17) is 0 Å². The molecule has 2 atom stereocenters. The molecule has 1 heterocycles. The highest BCUT2D eigenvalue weighted by molar-refractivity contribution is 5.79. The summed E-state index contributed by atoms with van der Waals surface area (Å²) in [6.45, 7) is 0. The number of hydrogen-bond donors (Lipinski definition) is 2. The normalized spacial score (nSPS) is 39.5. The van der Waals surface area contributed by atoms with Crippen LogP contribution < -0.4 is 5.32 Å². The molecule has 24 heavy (non-hydrogen) atoms. The Kier molecular flexibility index (Phi) is 3.13. The monoisotopic (exact) mass is 326 g/mol. The number of pyridine rings is 1. The molecule has 4 saturated carbocycles. The van der Waals surface area contributed by atoms with Crippen LogP contribution in [0, 0.1) is 11.8 Å². The molecule has 1 aromatic heterocycles. The number of aldehydes is 1. The number of hydrogen-bond acceptors (Lipinski definition) is 4. The second kappa shape index (κ2) is 5.04. The average molecular weight is 326 g/mol. The predicted octanol–water partition coefficient (Wildman–Crippen LogP) is 3.27. The fourth-order valence-electron chi connectivity index (χ4n) is 6.60. The quantitative estimate of drug-likeness (QED) is 0.837. The molecule has 4 heteroatoms. The van der Waals surface area contributed by atoms with E-state index < -0.39 is 5.60 Å². The first kappa shape index (κ1) is 14.9. The molecule has 5 aliphatic carbocycles. The minimum atomic E-state index is -0.458. The van der Waals surface area contributed by atoms with Gasteiger partial charge in [0.05, 0.1) is 5.60 Å². The third-order valence-corrected chi connectivity index (χ3v) is 6.98. The molecule has 0 saturated heterocycles. The summed E-state index contributed by atoms with van der Waals surface area (Å²) in [6.07, 6.45) is 13.5. The number of carbonyl (C=O) groups is 1. The molecule has 0 radical (unpaired) electrons. The number of anilines is 1. The van der Waals surface area contributed by atoms with Crippen LogP contribution in [-0.4, -0.2) is 27.5 Å². The van der Waals surface area contributed by atoms with Crippen LogP contribution in [0.3, 0.4) is 0 Å². The van der Waals surface area contributed by atoms with Crippen LogP contribution in [-0.2, 0) is 12.8 Å². The summed E-state index contributed by atoms with van der Waals surface area (Å²) in [5.41, 5.74) is 2.78. The molecule has 2 N–H and O–H groups in total. The highest BCUT2D eigenvalue weighted by Gasteiger charge is 2.57. The molecule has 4 bridgehead atoms. The molecule has 5 aliphatic rings. The van der Waals surface area contributed by atoms with E-state index >= 15 is 0 Å². The number of aliphatic hydroxyl groups is 1. The molecule has 0 spiro atoms. The Labute approximate surface area is 143 Å². The van der Waals surface area contributed by atoms with Gasteiger partial charge in [0, 0.05) is 17.3 Å². The van der Waals surface area contributed by atoms with Crippen LogP contribution in [0.1, 0.15) is 72.9 Å². The van der Waals surface area contributed by atoms with Gasteiger partial charge < -0.3 is 10.4 Å². The topological polar surface area (TPSA) is 62.2 Å². The predicted molar refractivity (Wildman–Crippen MR) is 92.3 cm³/mol. The SMILES string of the molecule is O=Cc1cnc(NC23CC4CC(CC(O)(C4)C2)C3)c2c1CCCC2. The first-order chi connectivity index (χ1) is 11.6. The fourth-order valence-corrected chi connectivity index (χ4v) is 6.60. The average Bonchev–Trinajstić information content (AvgIpc) is 2.52. The number of carbonyl (C=O) groups excluding carboxylic acids is 1. The lowest BCUT2D eigenvalue weighted by atomic mass is 9.51. The highest BCUT2D eigenvalue weighted by atomic mass is 16.3. The smallest absolute Gasteiger partial charge is 0.151 e. The van der Waals surface area contributed by atoms with Crippen molar-refractivity contribution in [2.75, 3.05) is 5.32 Å². The van der Waals surface area contributed by atoms with Crippen LogP contribution in [0.4, 0.5) is 5.82 Å². The van der Waals surface area contributed by atoms with Crippen molar-refractivity contribution in [3.8, 4) is 0 Å². The van der Waals surface area contributed by atoms with Gasteiger partial charge in [-0.2, -0.15) is 0 Å². The molecular formula is C20H26N2O2. The molecule has 128 valence electrons. The zero-order valence-electron chi connectivity index (χ0n) is 14.2. The van der Waals surface area contributed by atoms with Crippen molar-refractivity contribution >= 4 is 12.1 Å². The summed E-state index contributed by atoms with van der Waals surface area (Å²) in [4.78, 5) is 16.0. The number of nitrogens with zero attached hydrogens (tertiary/aromatic N) is 1. The van der Waals surface area contributed by atoms with Gasteiger partial charge >= 0.3 is 0 Å². The van der Waals surface area contributed by atoms with Gasteiger partial charge in [-0.05, 0) is 87.2 Å². The molecular weight excluding hydrogens is 300 g/mol. The molecule has 0 aliphatic heterocycles. The van der Waals surface area contributed by atoms with Crippen molar-refractivity contribution in [3.05, 3.63) is 22.9 Å². The van der Waals surface area contributed by atoms with Gasteiger partial charge in [0.25, 0.3) is 0 Å². The highest BCUT2D eigenvalue weighted by Crippen LogP contribution is 2.58. The van der Waals surface area contributed by atoms with Crippen molar-refractivity contribution < 1.29 is 9.90 Å². The maximum absolute atomic E-state index is 11.3. The lowest BCUT2D eigenvalue weighted by Crippen LogP contribution is -2.62. The van der Waals surface area contributed by atoms with Crippen LogP contribution >= 0.6 is 0 Å². The Bertz CT molecular complexity index is 685. The fraction of sp³-hybridized carbons (Fsp3) is 0.700. The maximum Gasteiger partial charge on any atom is 0.151 e. The number of fused-ring (bicyclic) bond motifs is 1. The maximum atomic E-state index is 11.3. The summed E-state index contributed by atoms with van der Waals surface area (Å²) >= 11 is 0. The molecule has 0 aromatic carbocycles. The van der Waals surface area contributed by atoms with E-state index in [1.165, 1.54) is 24.0 Å². The van der Waals surface area contributed by atoms with Gasteiger partial charge in [-0.25, -0.2) is 4.98 Å². The van der Waals surface area contributed by atoms with Gasteiger partial charge in [-0.15, -0.1) is 0 Å². The van der Waals surface area contributed by atoms with Crippen LogP contribution in [0.25, 0.3) is 0 Å². The summed E-state index contributed by atoms with van der Waals surface area (Å²) in [7, 11) is 0. The zero-order chi connectivity index (χ0) is 16.4. The van der Waals surface area contributed by atoms with E-state index in [0.29, 0.717) is 11.8 Å². The molecule has 1 aromatic rings. The summed E-state index contributed by atoms with van der Waals surface area (Å²) < 4.78 is 0. The Hall–Kier alpha value is -1.42. The minimum Gasteiger partial charge on any atom is -0.390 e. The Morgan fingerprint density at radius 1 is 1.12 bits per heavy atom. The van der Waals surface area contributed by atoms with Crippen molar-refractivity contribution in [2.45, 2.75) is 75.3 Å². The summed E-state index contributed by atoms with van der Waals surface area (Å²) in [5.74, 6) is 2.31. The van der Waals surface area contributed by atoms with Gasteiger partial charge in [0.2, 0.25) is 0 Å². The van der Waals surface area contributed by atoms with E-state index in [2.05, 4.69) is 10.3 Å². The van der Waals surface area contributed by atoms with Crippen LogP contribution in [0.2, 0.25) is 0 Å². The standard InChI is InChI=1S/C20H26N2O2/c23-11-15-10-21-18(17-4-2-1-3-16(15)17)22-19-6-13-5-14(7-19)9-20(24,8-13)12-19/h10-11,13-14,24H,1-9,12H2,(H,21,22). The second-order valence-corrected chi connectivity index (χ2v) is 8.93. The molecule has 4 nitrogen and oxygen atoms in total. The third kappa shape index (κ3) is 2.22. The van der Waals surface area contributed by atoms with Crippen molar-refractivity contribution in [2.24, 2.45) is 11.8 Å². The van der Waals surface area contributed by atoms with E-state index in [0.717, 1.165) is 69.0 Å². The Morgan fingerprint density at radius 2 is 1.83 bits per heavy atom. The first-order valence-corrected chi connectivity index (χ1v) is 9.55. The largest absolute Gasteiger partial charge is 0.390 e. The van der Waals surface area contributed by atoms with Gasteiger partial charge in [-0.1, -0.05) is 0 Å². The van der Waals surface area contributed by atoms with Crippen molar-refractivity contribution in [1.82, 2.24) is 4.98 Å². The number of rotatable bonds is 3. The number of nitrogens with one attached hydrogen (secondary N) is 1. The molecule has 0 amide bonds. The summed E-state index contributed by atoms with van der Waals surface area (Å²) in [6, 6.07) is 0. The van der Waals surface area contributed by atoms with Crippen molar-refractivity contribution in [1.29, 1.82) is 0 Å². The lowest BCUT2D eigenvalue weighted by Gasteiger charge is -2.60. The van der Waals surface area contributed by atoms with Crippen molar-refractivity contribution in [3.63, 3.8) is 0 Å². The van der Waals surface area contributed by atoms with Crippen LogP contribution in [0.5, 0.6) is 0 Å². The van der Waals surface area contributed by atoms with Gasteiger partial charge in [0.1, 0.15) is 5.82 Å². The Balaban J connectivity index is 1.51. The van der Waals surface area contributed by atoms with E-state index in [1.54, 1.807) is 6.20 Å². The first-order valence-electron chi connectivity index (χ1n) is 9.55. The second-order valence-electron chi connectivity index (χ2n) is 8.93. The zero-order valence-corrected chi connectivity index (χ0v) is 14.2. The van der Waals surface area contributed by atoms with Gasteiger partial charge in [0.15, 0.2) is 6.29 Å². The van der Waals surface area contributed by atoms with Gasteiger partial charge in [-0.3, -0.25) is 4.79 Å². The van der Waals surface area contributed by atoms with E-state index in [1.807, 2.05) is 0 Å². The van der Waals surface area contributed by atoms with Crippen LogP contribution in [0.15, 0.2) is 6.20 Å².